The third kappa shape index (κ3) is 7.09. The second-order valence-corrected chi connectivity index (χ2v) is 11.5. The number of thioether (sulfide) groups is 1. The maximum absolute atomic E-state index is 14.0. The summed E-state index contributed by atoms with van der Waals surface area (Å²) in [6, 6.07) is 11.8. The Morgan fingerprint density at radius 3 is 2.47 bits per heavy atom. The summed E-state index contributed by atoms with van der Waals surface area (Å²) in [6.45, 7) is 1.02. The summed E-state index contributed by atoms with van der Waals surface area (Å²) < 4.78 is 40.7. The van der Waals surface area contributed by atoms with Gasteiger partial charge in [0.05, 0.1) is 5.75 Å². The largest absolute Gasteiger partial charge is 0.355 e. The molecule has 1 N–H and O–H groups in total. The highest BCUT2D eigenvalue weighted by atomic mass is 35.5. The van der Waals surface area contributed by atoms with E-state index in [1.165, 1.54) is 28.1 Å². The molecule has 174 valence electrons. The summed E-state index contributed by atoms with van der Waals surface area (Å²) in [4.78, 5) is 12.4. The zero-order valence-electron chi connectivity index (χ0n) is 17.4. The Morgan fingerprint density at radius 2 is 1.81 bits per heavy atom. The Hall–Kier alpha value is -1.32. The Balaban J connectivity index is 1.39. The van der Waals surface area contributed by atoms with Crippen LogP contribution in [0.2, 0.25) is 10.0 Å². The first-order chi connectivity index (χ1) is 15.3. The van der Waals surface area contributed by atoms with E-state index in [-0.39, 0.29) is 35.5 Å². The molecule has 10 heteroatoms. The SMILES string of the molecule is O=C(NCCSCc1ccc(Cl)cc1)C1CCN(S(=O)(=O)Cc2c(F)cccc2Cl)CC1. The van der Waals surface area contributed by atoms with Crippen molar-refractivity contribution in [1.29, 1.82) is 0 Å². The average molecular weight is 519 g/mol. The monoisotopic (exact) mass is 518 g/mol. The molecule has 0 atom stereocenters. The fraction of sp³-hybridized carbons (Fsp3) is 0.409. The van der Waals surface area contributed by atoms with Gasteiger partial charge in [-0.1, -0.05) is 41.4 Å². The number of hydrogen-bond donors (Lipinski definition) is 1. The van der Waals surface area contributed by atoms with Crippen molar-refractivity contribution in [2.75, 3.05) is 25.4 Å². The smallest absolute Gasteiger partial charge is 0.223 e. The van der Waals surface area contributed by atoms with Gasteiger partial charge in [-0.2, -0.15) is 11.8 Å². The maximum Gasteiger partial charge on any atom is 0.223 e. The van der Waals surface area contributed by atoms with Crippen LogP contribution in [0.1, 0.15) is 24.0 Å². The fourth-order valence-electron chi connectivity index (χ4n) is 3.50. The molecule has 1 aliphatic rings. The van der Waals surface area contributed by atoms with Crippen molar-refractivity contribution in [3.05, 3.63) is 69.5 Å². The molecule has 1 aliphatic heterocycles. The summed E-state index contributed by atoms with van der Waals surface area (Å²) in [5, 5.41) is 3.74. The lowest BCUT2D eigenvalue weighted by molar-refractivity contribution is -0.125. The van der Waals surface area contributed by atoms with Crippen LogP contribution in [0.5, 0.6) is 0 Å². The minimum absolute atomic E-state index is 0.0230. The highest BCUT2D eigenvalue weighted by molar-refractivity contribution is 7.98. The molecule has 0 spiro atoms. The number of nitrogens with zero attached hydrogens (tertiary/aromatic N) is 1. The van der Waals surface area contributed by atoms with Gasteiger partial charge >= 0.3 is 0 Å². The van der Waals surface area contributed by atoms with Crippen LogP contribution in [0.15, 0.2) is 42.5 Å². The van der Waals surface area contributed by atoms with E-state index in [0.717, 1.165) is 11.5 Å². The molecular formula is C22H25Cl2FN2O3S2. The van der Waals surface area contributed by atoms with Gasteiger partial charge < -0.3 is 5.32 Å². The molecule has 0 bridgehead atoms. The van der Waals surface area contributed by atoms with E-state index in [9.17, 15) is 17.6 Å². The molecule has 32 heavy (non-hydrogen) atoms. The molecule has 2 aromatic rings. The summed E-state index contributed by atoms with van der Waals surface area (Å²) >= 11 is 13.6. The van der Waals surface area contributed by atoms with Gasteiger partial charge in [-0.25, -0.2) is 17.1 Å². The number of amides is 1. The predicted octanol–water partition coefficient (Wildman–Crippen LogP) is 4.72. The number of sulfonamides is 1. The van der Waals surface area contributed by atoms with Crippen LogP contribution in [0.25, 0.3) is 0 Å². The van der Waals surface area contributed by atoms with E-state index in [1.807, 2.05) is 24.3 Å². The van der Waals surface area contributed by atoms with Crippen molar-refractivity contribution in [2.45, 2.75) is 24.3 Å². The summed E-state index contributed by atoms with van der Waals surface area (Å²) in [5.41, 5.74) is 1.15. The number of carbonyl (C=O) groups excluding carboxylic acids is 1. The van der Waals surface area contributed by atoms with Crippen LogP contribution in [-0.2, 0) is 26.3 Å². The van der Waals surface area contributed by atoms with Gasteiger partial charge in [0.2, 0.25) is 15.9 Å². The molecule has 2 aromatic carbocycles. The van der Waals surface area contributed by atoms with Crippen molar-refractivity contribution in [1.82, 2.24) is 9.62 Å². The molecule has 1 saturated heterocycles. The standard InChI is InChI=1S/C22H25Cl2FN2O3S2/c23-18-6-4-16(5-7-18)14-31-13-10-26-22(28)17-8-11-27(12-9-17)32(29,30)15-19-20(24)2-1-3-21(19)25/h1-7,17H,8-15H2,(H,26,28). The zero-order valence-corrected chi connectivity index (χ0v) is 20.5. The Kier molecular flexibility index (Phi) is 9.25. The average Bonchev–Trinajstić information content (AvgIpc) is 2.77. The van der Waals surface area contributed by atoms with Gasteiger partial charge in [-0.15, -0.1) is 0 Å². The molecule has 0 radical (unpaired) electrons. The van der Waals surface area contributed by atoms with Crippen LogP contribution < -0.4 is 5.32 Å². The van der Waals surface area contributed by atoms with Gasteiger partial charge in [0, 0.05) is 52.7 Å². The van der Waals surface area contributed by atoms with Crippen LogP contribution in [0.4, 0.5) is 4.39 Å². The van der Waals surface area contributed by atoms with E-state index >= 15 is 0 Å². The molecule has 1 heterocycles. The molecule has 1 amide bonds. The van der Waals surface area contributed by atoms with Gasteiger partial charge in [0.25, 0.3) is 0 Å². The fourth-order valence-corrected chi connectivity index (χ4v) is 6.36. The Bertz CT molecular complexity index is 1010. The van der Waals surface area contributed by atoms with Crippen LogP contribution >= 0.6 is 35.0 Å². The van der Waals surface area contributed by atoms with E-state index in [1.54, 1.807) is 11.8 Å². The molecule has 5 nitrogen and oxygen atoms in total. The first-order valence-electron chi connectivity index (χ1n) is 10.3. The van der Waals surface area contributed by atoms with Crippen molar-refractivity contribution in [3.8, 4) is 0 Å². The summed E-state index contributed by atoms with van der Waals surface area (Å²) in [5.74, 6) is 0.232. The first kappa shape index (κ1) is 25.3. The summed E-state index contributed by atoms with van der Waals surface area (Å²) in [7, 11) is -3.72. The minimum atomic E-state index is -3.72. The number of piperidine rings is 1. The van der Waals surface area contributed by atoms with E-state index < -0.39 is 21.6 Å². The molecule has 1 fully saturated rings. The Labute approximate surface area is 202 Å². The molecule has 0 unspecified atom stereocenters. The lowest BCUT2D eigenvalue weighted by atomic mass is 9.97. The first-order valence-corrected chi connectivity index (χ1v) is 13.8. The van der Waals surface area contributed by atoms with Gasteiger partial charge in [-0.3, -0.25) is 4.79 Å². The van der Waals surface area contributed by atoms with Crippen molar-refractivity contribution >= 4 is 50.9 Å². The topological polar surface area (TPSA) is 66.5 Å². The van der Waals surface area contributed by atoms with Crippen LogP contribution in [-0.4, -0.2) is 44.0 Å². The zero-order chi connectivity index (χ0) is 23.1. The van der Waals surface area contributed by atoms with E-state index in [0.29, 0.717) is 24.4 Å². The van der Waals surface area contributed by atoms with Crippen LogP contribution in [0, 0.1) is 11.7 Å². The van der Waals surface area contributed by atoms with Gasteiger partial charge in [0.1, 0.15) is 5.82 Å². The highest BCUT2D eigenvalue weighted by Gasteiger charge is 2.32. The normalized spacial score (nSPS) is 15.6. The summed E-state index contributed by atoms with van der Waals surface area (Å²) in [6.07, 6.45) is 0.877. The highest BCUT2D eigenvalue weighted by Crippen LogP contribution is 2.26. The lowest BCUT2D eigenvalue weighted by Gasteiger charge is -2.30. The minimum Gasteiger partial charge on any atom is -0.355 e. The van der Waals surface area contributed by atoms with Crippen molar-refractivity contribution in [2.24, 2.45) is 5.92 Å². The Morgan fingerprint density at radius 1 is 1.12 bits per heavy atom. The molecular weight excluding hydrogens is 494 g/mol. The molecule has 3 rings (SSSR count). The van der Waals surface area contributed by atoms with E-state index in [2.05, 4.69) is 5.32 Å². The van der Waals surface area contributed by atoms with Crippen molar-refractivity contribution < 1.29 is 17.6 Å². The van der Waals surface area contributed by atoms with E-state index in [4.69, 9.17) is 23.2 Å². The van der Waals surface area contributed by atoms with Gasteiger partial charge in [0.15, 0.2) is 0 Å². The number of carbonyl (C=O) groups is 1. The quantitative estimate of drug-likeness (QED) is 0.487. The number of nitrogens with one attached hydrogen (secondary N) is 1. The van der Waals surface area contributed by atoms with Crippen LogP contribution in [0.3, 0.4) is 0 Å². The third-order valence-corrected chi connectivity index (χ3v) is 8.78. The number of benzene rings is 2. The van der Waals surface area contributed by atoms with Crippen molar-refractivity contribution in [3.63, 3.8) is 0 Å². The number of rotatable bonds is 9. The molecule has 0 saturated carbocycles. The van der Waals surface area contributed by atoms with Gasteiger partial charge in [-0.05, 0) is 42.7 Å². The molecule has 0 aliphatic carbocycles. The second kappa shape index (κ2) is 11.7. The second-order valence-electron chi connectivity index (χ2n) is 7.60. The third-order valence-electron chi connectivity index (χ3n) is 5.33. The lowest BCUT2D eigenvalue weighted by Crippen LogP contribution is -2.43. The number of halogens is 3. The predicted molar refractivity (Wildman–Crippen MR) is 129 cm³/mol. The number of hydrogen-bond acceptors (Lipinski definition) is 4. The maximum atomic E-state index is 14.0. The molecule has 0 aromatic heterocycles.